The van der Waals surface area contributed by atoms with Crippen molar-refractivity contribution in [1.29, 1.82) is 0 Å². The van der Waals surface area contributed by atoms with E-state index >= 15 is 0 Å². The molecule has 0 aromatic carbocycles. The van der Waals surface area contributed by atoms with Crippen molar-refractivity contribution in [3.8, 4) is 0 Å². The Morgan fingerprint density at radius 3 is 2.60 bits per heavy atom. The van der Waals surface area contributed by atoms with E-state index < -0.39 is 0 Å². The van der Waals surface area contributed by atoms with E-state index in [2.05, 4.69) is 12.2 Å². The van der Waals surface area contributed by atoms with E-state index in [1.807, 2.05) is 6.08 Å². The van der Waals surface area contributed by atoms with Crippen LogP contribution in [0.3, 0.4) is 0 Å². The lowest BCUT2D eigenvalue weighted by molar-refractivity contribution is -0.114. The first-order valence-electron chi connectivity index (χ1n) is 3.74. The highest BCUT2D eigenvalue weighted by molar-refractivity contribution is 5.89. The molecule has 0 aromatic rings. The molecular weight excluding hydrogens is 124 g/mol. The molecule has 54 valence electrons. The Kier molecular flexibility index (Phi) is 2.94. The summed E-state index contributed by atoms with van der Waals surface area (Å²) in [6.45, 7) is 0. The Labute approximate surface area is 61.4 Å². The highest BCUT2D eigenvalue weighted by atomic mass is 16.1. The molecule has 0 fully saturated rings. The lowest BCUT2D eigenvalue weighted by atomic mass is 10.2. The fourth-order valence-electron chi connectivity index (χ4n) is 0.952. The van der Waals surface area contributed by atoms with Gasteiger partial charge in [0, 0.05) is 6.42 Å². The highest BCUT2D eigenvalue weighted by Gasteiger charge is 1.94. The number of ketones is 1. The van der Waals surface area contributed by atoms with Crippen LogP contribution >= 0.6 is 0 Å². The number of carbonyl (C=O) groups excluding carboxylic acids is 1. The van der Waals surface area contributed by atoms with Crippen molar-refractivity contribution in [1.82, 2.24) is 0 Å². The van der Waals surface area contributed by atoms with Crippen molar-refractivity contribution in [2.45, 2.75) is 25.7 Å². The lowest BCUT2D eigenvalue weighted by Crippen LogP contribution is -1.89. The normalized spacial score (nSPS) is 26.2. The van der Waals surface area contributed by atoms with Crippen LogP contribution in [0.4, 0.5) is 0 Å². The molecule has 0 bridgehead atoms. The smallest absolute Gasteiger partial charge is 0.155 e. The zero-order chi connectivity index (χ0) is 7.23. The zero-order valence-corrected chi connectivity index (χ0v) is 6.05. The third-order valence-electron chi connectivity index (χ3n) is 1.53. The molecule has 10 heavy (non-hydrogen) atoms. The van der Waals surface area contributed by atoms with Gasteiger partial charge in [-0.1, -0.05) is 18.2 Å². The molecule has 0 amide bonds. The van der Waals surface area contributed by atoms with Crippen LogP contribution in [-0.4, -0.2) is 5.78 Å². The summed E-state index contributed by atoms with van der Waals surface area (Å²) in [4.78, 5) is 10.9. The summed E-state index contributed by atoms with van der Waals surface area (Å²) < 4.78 is 0. The van der Waals surface area contributed by atoms with E-state index in [-0.39, 0.29) is 5.78 Å². The van der Waals surface area contributed by atoms with Crippen LogP contribution in [0.25, 0.3) is 0 Å². The van der Waals surface area contributed by atoms with Gasteiger partial charge in [0.05, 0.1) is 0 Å². The van der Waals surface area contributed by atoms with Crippen LogP contribution in [-0.2, 0) is 4.79 Å². The molecule has 0 aliphatic heterocycles. The Bertz CT molecular complexity index is 166. The number of hydrogen-bond acceptors (Lipinski definition) is 1. The van der Waals surface area contributed by atoms with Crippen LogP contribution < -0.4 is 0 Å². The van der Waals surface area contributed by atoms with Gasteiger partial charge in [-0.25, -0.2) is 0 Å². The molecule has 0 saturated heterocycles. The molecule has 1 heteroatoms. The van der Waals surface area contributed by atoms with Crippen LogP contribution in [0.1, 0.15) is 25.7 Å². The minimum absolute atomic E-state index is 0.256. The van der Waals surface area contributed by atoms with Gasteiger partial charge in [-0.2, -0.15) is 0 Å². The maximum atomic E-state index is 10.9. The topological polar surface area (TPSA) is 17.1 Å². The average molecular weight is 136 g/mol. The standard InChI is InChI=1S/C9H12O/c10-9-7-5-3-1-2-4-6-8-9/h1,3,6,8H,2,4-5,7H2/b3-1+,8-6+. The van der Waals surface area contributed by atoms with E-state index in [9.17, 15) is 4.79 Å². The van der Waals surface area contributed by atoms with Gasteiger partial charge >= 0.3 is 0 Å². The van der Waals surface area contributed by atoms with Gasteiger partial charge < -0.3 is 0 Å². The third kappa shape index (κ3) is 2.62. The summed E-state index contributed by atoms with van der Waals surface area (Å²) in [7, 11) is 0. The Morgan fingerprint density at radius 1 is 1.00 bits per heavy atom. The number of carbonyl (C=O) groups is 1. The molecule has 1 aliphatic carbocycles. The van der Waals surface area contributed by atoms with Crippen molar-refractivity contribution < 1.29 is 4.79 Å². The first kappa shape index (κ1) is 7.26. The van der Waals surface area contributed by atoms with Gasteiger partial charge in [-0.05, 0) is 25.3 Å². The molecule has 0 aromatic heterocycles. The number of rotatable bonds is 0. The minimum Gasteiger partial charge on any atom is -0.295 e. The Balaban J connectivity index is 2.47. The molecular formula is C9H12O. The van der Waals surface area contributed by atoms with Crippen LogP contribution in [0.2, 0.25) is 0 Å². The van der Waals surface area contributed by atoms with Crippen molar-refractivity contribution >= 4 is 5.78 Å². The molecule has 0 N–H and O–H groups in total. The molecule has 0 saturated carbocycles. The molecule has 1 nitrogen and oxygen atoms in total. The van der Waals surface area contributed by atoms with Crippen LogP contribution in [0, 0.1) is 0 Å². The number of hydrogen-bond donors (Lipinski definition) is 0. The zero-order valence-electron chi connectivity index (χ0n) is 6.05. The van der Waals surface area contributed by atoms with Crippen molar-refractivity contribution in [3.05, 3.63) is 24.3 Å². The summed E-state index contributed by atoms with van der Waals surface area (Å²) in [6, 6.07) is 0. The molecule has 0 unspecified atom stereocenters. The maximum Gasteiger partial charge on any atom is 0.155 e. The minimum atomic E-state index is 0.256. The monoisotopic (exact) mass is 136 g/mol. The summed E-state index contributed by atoms with van der Waals surface area (Å²) >= 11 is 0. The lowest BCUT2D eigenvalue weighted by Gasteiger charge is -1.86. The second-order valence-electron chi connectivity index (χ2n) is 2.46. The Hall–Kier alpha value is -0.850. The summed E-state index contributed by atoms with van der Waals surface area (Å²) in [5.41, 5.74) is 0. The quantitative estimate of drug-likeness (QED) is 0.467. The van der Waals surface area contributed by atoms with E-state index in [1.165, 1.54) is 0 Å². The molecule has 0 atom stereocenters. The Morgan fingerprint density at radius 2 is 1.70 bits per heavy atom. The van der Waals surface area contributed by atoms with E-state index in [0.717, 1.165) is 19.3 Å². The van der Waals surface area contributed by atoms with Gasteiger partial charge in [-0.3, -0.25) is 4.79 Å². The molecule has 0 heterocycles. The van der Waals surface area contributed by atoms with Gasteiger partial charge in [-0.15, -0.1) is 0 Å². The van der Waals surface area contributed by atoms with Crippen LogP contribution in [0.15, 0.2) is 24.3 Å². The van der Waals surface area contributed by atoms with Gasteiger partial charge in [0.2, 0.25) is 0 Å². The largest absolute Gasteiger partial charge is 0.295 e. The first-order chi connectivity index (χ1) is 4.89. The van der Waals surface area contributed by atoms with E-state index in [4.69, 9.17) is 0 Å². The number of allylic oxidation sites excluding steroid dienone is 4. The summed E-state index contributed by atoms with van der Waals surface area (Å²) in [5.74, 6) is 0.256. The SMILES string of the molecule is O=C1/C=C/CC/C=C/CC1. The van der Waals surface area contributed by atoms with Gasteiger partial charge in [0.15, 0.2) is 5.78 Å². The highest BCUT2D eigenvalue weighted by Crippen LogP contribution is 2.02. The van der Waals surface area contributed by atoms with Crippen molar-refractivity contribution in [3.63, 3.8) is 0 Å². The predicted octanol–water partition coefficient (Wildman–Crippen LogP) is 2.24. The molecule has 1 aliphatic rings. The second-order valence-corrected chi connectivity index (χ2v) is 2.46. The first-order valence-corrected chi connectivity index (χ1v) is 3.74. The van der Waals surface area contributed by atoms with E-state index in [0.29, 0.717) is 6.42 Å². The molecule has 0 radical (unpaired) electrons. The fraction of sp³-hybridized carbons (Fsp3) is 0.444. The maximum absolute atomic E-state index is 10.9. The van der Waals surface area contributed by atoms with E-state index in [1.54, 1.807) is 6.08 Å². The van der Waals surface area contributed by atoms with Gasteiger partial charge in [0.25, 0.3) is 0 Å². The predicted molar refractivity (Wildman–Crippen MR) is 41.8 cm³/mol. The van der Waals surface area contributed by atoms with Crippen molar-refractivity contribution in [2.24, 2.45) is 0 Å². The second kappa shape index (κ2) is 4.04. The molecule has 1 rings (SSSR count). The third-order valence-corrected chi connectivity index (χ3v) is 1.53. The molecule has 0 spiro atoms. The van der Waals surface area contributed by atoms with Crippen LogP contribution in [0.5, 0.6) is 0 Å². The fourth-order valence-corrected chi connectivity index (χ4v) is 0.952. The summed E-state index contributed by atoms with van der Waals surface area (Å²) in [5, 5.41) is 0. The van der Waals surface area contributed by atoms with Crippen molar-refractivity contribution in [2.75, 3.05) is 0 Å². The van der Waals surface area contributed by atoms with Gasteiger partial charge in [0.1, 0.15) is 0 Å². The summed E-state index contributed by atoms with van der Waals surface area (Å²) in [6.07, 6.45) is 11.5. The average Bonchev–Trinajstić information content (AvgIpc) is 2.02.